The molecule has 0 radical (unpaired) electrons. The molecule has 0 aromatic carbocycles. The minimum absolute atomic E-state index is 0.116. The van der Waals surface area contributed by atoms with Gasteiger partial charge in [-0.05, 0) is 48.8 Å². The number of carbonyl (C=O) groups is 2. The molecule has 1 aliphatic carbocycles. The molecular formula is C22H24Cl2N2O2. The topological polar surface area (TPSA) is 49.4 Å². The molecule has 0 unspecified atom stereocenters. The molecule has 28 heavy (non-hydrogen) atoms. The van der Waals surface area contributed by atoms with E-state index in [-0.39, 0.29) is 16.7 Å². The molecule has 1 aliphatic heterocycles. The lowest BCUT2D eigenvalue weighted by Gasteiger charge is -2.18. The molecule has 148 valence electrons. The zero-order valence-corrected chi connectivity index (χ0v) is 17.2. The Bertz CT molecular complexity index is 785. The van der Waals surface area contributed by atoms with Gasteiger partial charge in [0.1, 0.15) is 0 Å². The van der Waals surface area contributed by atoms with Gasteiger partial charge in [-0.25, -0.2) is 0 Å². The fourth-order valence-corrected chi connectivity index (χ4v) is 3.18. The molecule has 1 amide bonds. The first kappa shape index (κ1) is 22.0. The van der Waals surface area contributed by atoms with Crippen LogP contribution in [-0.2, 0) is 9.59 Å². The van der Waals surface area contributed by atoms with Crippen molar-refractivity contribution in [2.45, 2.75) is 25.7 Å². The molecule has 0 bridgehead atoms. The normalized spacial score (nSPS) is 17.5. The van der Waals surface area contributed by atoms with Crippen LogP contribution in [0.2, 0.25) is 0 Å². The van der Waals surface area contributed by atoms with Gasteiger partial charge in [-0.2, -0.15) is 0 Å². The maximum Gasteiger partial charge on any atom is 0.243 e. The van der Waals surface area contributed by atoms with E-state index in [0.717, 1.165) is 37.8 Å². The monoisotopic (exact) mass is 418 g/mol. The minimum atomic E-state index is -0.225. The summed E-state index contributed by atoms with van der Waals surface area (Å²) in [6.45, 7) is 5.06. The van der Waals surface area contributed by atoms with Crippen LogP contribution >= 0.6 is 23.2 Å². The second-order valence-corrected chi connectivity index (χ2v) is 7.26. The Morgan fingerprint density at radius 2 is 1.79 bits per heavy atom. The van der Waals surface area contributed by atoms with Crippen molar-refractivity contribution >= 4 is 34.9 Å². The Morgan fingerprint density at radius 3 is 2.50 bits per heavy atom. The second kappa shape index (κ2) is 11.5. The summed E-state index contributed by atoms with van der Waals surface area (Å²) in [5, 5.41) is 3.35. The molecule has 0 fully saturated rings. The highest BCUT2D eigenvalue weighted by Crippen LogP contribution is 2.24. The Morgan fingerprint density at radius 1 is 1.07 bits per heavy atom. The van der Waals surface area contributed by atoms with E-state index in [0.29, 0.717) is 17.2 Å². The van der Waals surface area contributed by atoms with Crippen LogP contribution < -0.4 is 5.32 Å². The lowest BCUT2D eigenvalue weighted by atomic mass is 10.0. The third-order valence-electron chi connectivity index (χ3n) is 4.24. The minimum Gasteiger partial charge on any atom is -0.354 e. The average molecular weight is 419 g/mol. The number of halogens is 2. The molecule has 2 rings (SSSR count). The van der Waals surface area contributed by atoms with Crippen LogP contribution in [0.1, 0.15) is 25.7 Å². The largest absolute Gasteiger partial charge is 0.354 e. The molecule has 4 nitrogen and oxygen atoms in total. The number of nitrogens with zero attached hydrogens (tertiary/aromatic N) is 1. The summed E-state index contributed by atoms with van der Waals surface area (Å²) >= 11 is 11.8. The molecule has 6 heteroatoms. The number of amides is 1. The lowest BCUT2D eigenvalue weighted by Crippen LogP contribution is -2.21. The summed E-state index contributed by atoms with van der Waals surface area (Å²) in [5.74, 6) is -0.341. The molecule has 0 aromatic rings. The van der Waals surface area contributed by atoms with E-state index in [1.807, 2.05) is 30.6 Å². The zero-order chi connectivity index (χ0) is 20.4. The number of ketones is 1. The summed E-state index contributed by atoms with van der Waals surface area (Å²) in [7, 11) is 0. The van der Waals surface area contributed by atoms with Gasteiger partial charge in [-0.1, -0.05) is 54.8 Å². The van der Waals surface area contributed by atoms with Gasteiger partial charge in [0.25, 0.3) is 0 Å². The van der Waals surface area contributed by atoms with Crippen LogP contribution in [0.5, 0.6) is 0 Å². The number of Topliss-reactive ketones (excluding diaryl/α,β-unsaturated/α-hetero) is 1. The summed E-state index contributed by atoms with van der Waals surface area (Å²) in [4.78, 5) is 25.1. The van der Waals surface area contributed by atoms with E-state index < -0.39 is 0 Å². The van der Waals surface area contributed by atoms with Gasteiger partial charge >= 0.3 is 0 Å². The highest BCUT2D eigenvalue weighted by atomic mass is 35.5. The van der Waals surface area contributed by atoms with Crippen LogP contribution in [-0.4, -0.2) is 29.7 Å². The first-order valence-corrected chi connectivity index (χ1v) is 9.98. The molecular weight excluding hydrogens is 395 g/mol. The maximum atomic E-state index is 12.0. The Hall–Kier alpha value is -2.30. The highest BCUT2D eigenvalue weighted by molar-refractivity contribution is 6.48. The molecule has 0 atom stereocenters. The Labute approximate surface area is 176 Å². The third kappa shape index (κ3) is 7.37. The van der Waals surface area contributed by atoms with E-state index >= 15 is 0 Å². The van der Waals surface area contributed by atoms with Crippen molar-refractivity contribution in [3.8, 4) is 0 Å². The van der Waals surface area contributed by atoms with Gasteiger partial charge < -0.3 is 10.2 Å². The van der Waals surface area contributed by atoms with Crippen molar-refractivity contribution in [3.05, 3.63) is 82.7 Å². The van der Waals surface area contributed by atoms with Crippen LogP contribution in [0.4, 0.5) is 0 Å². The molecule has 0 saturated heterocycles. The van der Waals surface area contributed by atoms with E-state index in [4.69, 9.17) is 23.2 Å². The Balaban J connectivity index is 1.71. The second-order valence-electron chi connectivity index (χ2n) is 6.42. The first-order valence-electron chi connectivity index (χ1n) is 9.23. The zero-order valence-electron chi connectivity index (χ0n) is 15.7. The van der Waals surface area contributed by atoms with E-state index in [2.05, 4.69) is 16.8 Å². The molecule has 1 heterocycles. The fraction of sp³-hybridized carbons (Fsp3) is 0.273. The summed E-state index contributed by atoms with van der Waals surface area (Å²) in [6, 6.07) is 0. The fourth-order valence-electron chi connectivity index (χ4n) is 2.68. The van der Waals surface area contributed by atoms with Crippen molar-refractivity contribution in [1.29, 1.82) is 0 Å². The van der Waals surface area contributed by atoms with Gasteiger partial charge in [-0.3, -0.25) is 9.59 Å². The van der Waals surface area contributed by atoms with Gasteiger partial charge in [0.15, 0.2) is 0 Å². The smallest absolute Gasteiger partial charge is 0.243 e. The standard InChI is InChI=1S/C22H24Cl2N2O2/c1-2-21(27)25-11-5-3-4-6-12-26-13-9-17(10-14-26)7-8-18-15-19(23)16-20(24)22(18)28/h2,7-10,13-16H,1,3-6,11-12H2,(H,25,27)/b18-8-. The number of hydrogen-bond donors (Lipinski definition) is 1. The molecule has 2 aliphatic rings. The Kier molecular flexibility index (Phi) is 9.05. The third-order valence-corrected chi connectivity index (χ3v) is 4.74. The van der Waals surface area contributed by atoms with Crippen LogP contribution in [0.15, 0.2) is 82.7 Å². The van der Waals surface area contributed by atoms with Crippen molar-refractivity contribution in [1.82, 2.24) is 10.2 Å². The number of nitrogens with one attached hydrogen (secondary N) is 1. The molecule has 1 N–H and O–H groups in total. The van der Waals surface area contributed by atoms with Gasteiger partial charge in [0, 0.05) is 36.1 Å². The molecule has 0 saturated carbocycles. The van der Waals surface area contributed by atoms with E-state index in [1.54, 1.807) is 12.2 Å². The summed E-state index contributed by atoms with van der Waals surface area (Å²) < 4.78 is 0. The van der Waals surface area contributed by atoms with Crippen molar-refractivity contribution in [2.75, 3.05) is 13.1 Å². The lowest BCUT2D eigenvalue weighted by molar-refractivity contribution is -0.116. The first-order chi connectivity index (χ1) is 13.5. The van der Waals surface area contributed by atoms with Crippen LogP contribution in [0, 0.1) is 0 Å². The van der Waals surface area contributed by atoms with Crippen molar-refractivity contribution < 1.29 is 9.59 Å². The highest BCUT2D eigenvalue weighted by Gasteiger charge is 2.16. The number of allylic oxidation sites excluding steroid dienone is 10. The van der Waals surface area contributed by atoms with Gasteiger partial charge in [0.05, 0.1) is 5.03 Å². The predicted octanol–water partition coefficient (Wildman–Crippen LogP) is 4.87. The SMILES string of the molecule is C=CC(=O)NCCCCCCN1C=CC(=C/C=C2/C=C(Cl)C=C(Cl)C2=O)C=C1. The number of unbranched alkanes of at least 4 members (excludes halogenated alkanes) is 3. The number of carbonyl (C=O) groups excluding carboxylic acids is 2. The van der Waals surface area contributed by atoms with Gasteiger partial charge in [-0.15, -0.1) is 0 Å². The maximum absolute atomic E-state index is 12.0. The summed E-state index contributed by atoms with van der Waals surface area (Å²) in [6.07, 6.45) is 20.2. The number of hydrogen-bond acceptors (Lipinski definition) is 3. The van der Waals surface area contributed by atoms with Crippen molar-refractivity contribution in [2.24, 2.45) is 0 Å². The number of rotatable bonds is 9. The molecule has 0 aromatic heterocycles. The average Bonchev–Trinajstić information content (AvgIpc) is 2.69. The predicted molar refractivity (Wildman–Crippen MR) is 116 cm³/mol. The van der Waals surface area contributed by atoms with E-state index in [1.165, 1.54) is 12.2 Å². The van der Waals surface area contributed by atoms with E-state index in [9.17, 15) is 9.59 Å². The van der Waals surface area contributed by atoms with Gasteiger partial charge in [0.2, 0.25) is 11.7 Å². The summed E-state index contributed by atoms with van der Waals surface area (Å²) in [5.41, 5.74) is 1.46. The van der Waals surface area contributed by atoms with Crippen LogP contribution in [0.3, 0.4) is 0 Å². The molecule has 0 spiro atoms. The van der Waals surface area contributed by atoms with Crippen LogP contribution in [0.25, 0.3) is 0 Å². The van der Waals surface area contributed by atoms with Crippen molar-refractivity contribution in [3.63, 3.8) is 0 Å². The quantitative estimate of drug-likeness (QED) is 0.428.